The van der Waals surface area contributed by atoms with Crippen LogP contribution < -0.4 is 0 Å². The number of hydrogen-bond acceptors (Lipinski definition) is 2. The highest BCUT2D eigenvalue weighted by molar-refractivity contribution is 6.39. The van der Waals surface area contributed by atoms with Gasteiger partial charge < -0.3 is 10.2 Å². The van der Waals surface area contributed by atoms with Crippen molar-refractivity contribution in [2.75, 3.05) is 0 Å². The van der Waals surface area contributed by atoms with E-state index >= 15 is 0 Å². The van der Waals surface area contributed by atoms with Gasteiger partial charge in [0.15, 0.2) is 4.87 Å². The van der Waals surface area contributed by atoms with E-state index in [4.69, 9.17) is 33.4 Å². The van der Waals surface area contributed by atoms with Crippen LogP contribution in [0, 0.1) is 0 Å². The van der Waals surface area contributed by atoms with Crippen molar-refractivity contribution in [3.8, 4) is 0 Å². The molecule has 0 aromatic carbocycles. The minimum Gasteiger partial charge on any atom is -0.479 e. The Bertz CT molecular complexity index is 272. The van der Waals surface area contributed by atoms with Crippen molar-refractivity contribution in [3.05, 3.63) is 23.3 Å². The van der Waals surface area contributed by atoms with Gasteiger partial charge in [0, 0.05) is 5.03 Å². The monoisotopic (exact) mass is 208 g/mol. The van der Waals surface area contributed by atoms with Gasteiger partial charge in [0.1, 0.15) is 6.10 Å². The number of aliphatic hydroxyl groups is 1. The van der Waals surface area contributed by atoms with Gasteiger partial charge in [-0.1, -0.05) is 29.3 Å². The largest absolute Gasteiger partial charge is 0.479 e. The summed E-state index contributed by atoms with van der Waals surface area (Å²) in [5.41, 5.74) is 0. The average molecular weight is 209 g/mol. The van der Waals surface area contributed by atoms with E-state index in [2.05, 4.69) is 0 Å². The summed E-state index contributed by atoms with van der Waals surface area (Å²) in [4.78, 5) is 8.95. The fourth-order valence-electron chi connectivity index (χ4n) is 0.790. The zero-order valence-corrected chi connectivity index (χ0v) is 7.38. The summed E-state index contributed by atoms with van der Waals surface area (Å²) in [5.74, 6) is -1.22. The third-order valence-electron chi connectivity index (χ3n) is 1.48. The summed E-state index contributed by atoms with van der Waals surface area (Å²) in [6, 6.07) is 0. The molecule has 2 atom stereocenters. The second-order valence-corrected chi connectivity index (χ2v) is 3.47. The molecule has 3 nitrogen and oxygen atoms in total. The van der Waals surface area contributed by atoms with Crippen molar-refractivity contribution in [2.24, 2.45) is 0 Å². The first-order chi connectivity index (χ1) is 5.46. The van der Waals surface area contributed by atoms with Gasteiger partial charge in [0.2, 0.25) is 0 Å². The molecule has 0 spiro atoms. The molecule has 1 aliphatic rings. The molecule has 5 heteroatoms. The van der Waals surface area contributed by atoms with Crippen molar-refractivity contribution < 1.29 is 15.0 Å². The number of aliphatic hydroxyl groups excluding tert-OH is 1. The summed E-state index contributed by atoms with van der Waals surface area (Å²) in [7, 11) is 0. The summed E-state index contributed by atoms with van der Waals surface area (Å²) in [5, 5.41) is 17.7. The number of rotatable bonds is 1. The highest BCUT2D eigenvalue weighted by Gasteiger charge is 2.34. The zero-order chi connectivity index (χ0) is 9.35. The number of aliphatic carboxylic acids is 1. The molecule has 0 saturated carbocycles. The SMILES string of the molecule is O=C(O)C1(Cl)C=CC(O)C(Cl)=C1. The van der Waals surface area contributed by atoms with Gasteiger partial charge in [-0.2, -0.15) is 0 Å². The first-order valence-corrected chi connectivity index (χ1v) is 3.89. The van der Waals surface area contributed by atoms with E-state index < -0.39 is 16.9 Å². The molecule has 0 aromatic heterocycles. The number of alkyl halides is 1. The number of halogens is 2. The topological polar surface area (TPSA) is 57.5 Å². The van der Waals surface area contributed by atoms with Gasteiger partial charge in [-0.25, -0.2) is 4.79 Å². The van der Waals surface area contributed by atoms with Crippen LogP contribution in [-0.2, 0) is 4.79 Å². The van der Waals surface area contributed by atoms with Crippen LogP contribution in [0.4, 0.5) is 0 Å². The maximum Gasteiger partial charge on any atom is 0.332 e. The fourth-order valence-corrected chi connectivity index (χ4v) is 1.28. The highest BCUT2D eigenvalue weighted by atomic mass is 35.5. The molecule has 12 heavy (non-hydrogen) atoms. The molecule has 2 N–H and O–H groups in total. The zero-order valence-electron chi connectivity index (χ0n) is 5.87. The highest BCUT2D eigenvalue weighted by Crippen LogP contribution is 2.28. The van der Waals surface area contributed by atoms with Gasteiger partial charge in [-0.15, -0.1) is 0 Å². The fraction of sp³-hybridized carbons (Fsp3) is 0.286. The maximum atomic E-state index is 10.6. The summed E-state index contributed by atoms with van der Waals surface area (Å²) < 4.78 is 0. The van der Waals surface area contributed by atoms with Gasteiger partial charge >= 0.3 is 5.97 Å². The molecule has 1 aliphatic carbocycles. The third kappa shape index (κ3) is 1.63. The Balaban J connectivity index is 2.99. The number of hydrogen-bond donors (Lipinski definition) is 2. The molecule has 0 amide bonds. The predicted molar refractivity (Wildman–Crippen MR) is 45.3 cm³/mol. The van der Waals surface area contributed by atoms with E-state index in [1.54, 1.807) is 0 Å². The molecule has 2 unspecified atom stereocenters. The number of carboxylic acid groups (broad SMARTS) is 1. The lowest BCUT2D eigenvalue weighted by Gasteiger charge is -2.20. The van der Waals surface area contributed by atoms with E-state index in [0.29, 0.717) is 0 Å². The first kappa shape index (κ1) is 9.58. The lowest BCUT2D eigenvalue weighted by atomic mass is 10.0. The number of carboxylic acids is 1. The first-order valence-electron chi connectivity index (χ1n) is 3.14. The second-order valence-electron chi connectivity index (χ2n) is 2.41. The van der Waals surface area contributed by atoms with E-state index in [9.17, 15) is 4.79 Å². The molecule has 0 aromatic rings. The van der Waals surface area contributed by atoms with Crippen molar-refractivity contribution in [1.29, 1.82) is 0 Å². The summed E-state index contributed by atoms with van der Waals surface area (Å²) in [6.45, 7) is 0. The predicted octanol–water partition coefficient (Wildman–Crippen LogP) is 1.10. The molecular weight excluding hydrogens is 203 g/mol. The molecule has 0 radical (unpaired) electrons. The molecule has 0 aliphatic heterocycles. The second kappa shape index (κ2) is 3.09. The lowest BCUT2D eigenvalue weighted by Crippen LogP contribution is -2.31. The standard InChI is InChI=1S/C7H6Cl2O3/c8-4-3-7(9,6(11)12)2-1-5(4)10/h1-3,5,10H,(H,11,12). The molecule has 66 valence electrons. The van der Waals surface area contributed by atoms with Crippen molar-refractivity contribution in [3.63, 3.8) is 0 Å². The van der Waals surface area contributed by atoms with Crippen molar-refractivity contribution in [2.45, 2.75) is 11.0 Å². The molecule has 0 saturated heterocycles. The molecule has 1 rings (SSSR count). The van der Waals surface area contributed by atoms with Crippen LogP contribution >= 0.6 is 23.2 Å². The van der Waals surface area contributed by atoms with E-state index in [-0.39, 0.29) is 5.03 Å². The molecular formula is C7H6Cl2O3. The molecule has 0 heterocycles. The lowest BCUT2D eigenvalue weighted by molar-refractivity contribution is -0.137. The summed E-state index contributed by atoms with van der Waals surface area (Å²) >= 11 is 11.1. The Morgan fingerprint density at radius 3 is 2.67 bits per heavy atom. The van der Waals surface area contributed by atoms with E-state index in [0.717, 1.165) is 6.08 Å². The third-order valence-corrected chi connectivity index (χ3v) is 2.21. The summed E-state index contributed by atoms with van der Waals surface area (Å²) in [6.07, 6.45) is 2.58. The maximum absolute atomic E-state index is 10.6. The van der Waals surface area contributed by atoms with Crippen LogP contribution in [0.25, 0.3) is 0 Å². The minimum atomic E-state index is -1.61. The number of carbonyl (C=O) groups is 1. The van der Waals surface area contributed by atoms with Crippen LogP contribution in [0.15, 0.2) is 23.3 Å². The van der Waals surface area contributed by atoms with Crippen LogP contribution in [0.5, 0.6) is 0 Å². The van der Waals surface area contributed by atoms with Crippen LogP contribution in [-0.4, -0.2) is 27.2 Å². The normalized spacial score (nSPS) is 34.6. The van der Waals surface area contributed by atoms with Crippen LogP contribution in [0.1, 0.15) is 0 Å². The van der Waals surface area contributed by atoms with Gasteiger partial charge in [0.05, 0.1) is 0 Å². The van der Waals surface area contributed by atoms with E-state index in [1.807, 2.05) is 0 Å². The van der Waals surface area contributed by atoms with Crippen molar-refractivity contribution >= 4 is 29.2 Å². The van der Waals surface area contributed by atoms with Crippen LogP contribution in [0.2, 0.25) is 0 Å². The quantitative estimate of drug-likeness (QED) is 0.502. The minimum absolute atomic E-state index is 0.0231. The van der Waals surface area contributed by atoms with Crippen LogP contribution in [0.3, 0.4) is 0 Å². The Hall–Kier alpha value is -0.510. The Kier molecular flexibility index (Phi) is 2.46. The van der Waals surface area contributed by atoms with Gasteiger partial charge in [-0.05, 0) is 12.2 Å². The molecule has 0 fully saturated rings. The van der Waals surface area contributed by atoms with Gasteiger partial charge in [0.25, 0.3) is 0 Å². The Morgan fingerprint density at radius 1 is 1.67 bits per heavy atom. The van der Waals surface area contributed by atoms with Gasteiger partial charge in [-0.3, -0.25) is 0 Å². The van der Waals surface area contributed by atoms with E-state index in [1.165, 1.54) is 12.2 Å². The Labute approximate surface area is 78.9 Å². The smallest absolute Gasteiger partial charge is 0.332 e. The molecule has 0 bridgehead atoms. The Morgan fingerprint density at radius 2 is 2.25 bits per heavy atom. The average Bonchev–Trinajstić information content (AvgIpc) is 1.97. The van der Waals surface area contributed by atoms with Crippen molar-refractivity contribution in [1.82, 2.24) is 0 Å².